The summed E-state index contributed by atoms with van der Waals surface area (Å²) in [6.07, 6.45) is -3.23. The van der Waals surface area contributed by atoms with E-state index in [-0.39, 0.29) is 98.9 Å². The minimum absolute atomic E-state index is 0.0212. The first-order valence-electron chi connectivity index (χ1n) is 24.3. The van der Waals surface area contributed by atoms with Crippen LogP contribution in [0.25, 0.3) is 32.5 Å². The van der Waals surface area contributed by atoms with E-state index in [2.05, 4.69) is 30.9 Å². The van der Waals surface area contributed by atoms with E-state index < -0.39 is 94.7 Å². The lowest BCUT2D eigenvalue weighted by molar-refractivity contribution is -0.159. The number of halogens is 3. The largest absolute Gasteiger partial charge is 0.507 e. The number of ether oxygens (including phenoxy) is 1. The van der Waals surface area contributed by atoms with Gasteiger partial charge in [0.15, 0.2) is 5.82 Å². The second kappa shape index (κ2) is 23.9. The van der Waals surface area contributed by atoms with Crippen molar-refractivity contribution in [2.75, 3.05) is 76.3 Å². The zero-order chi connectivity index (χ0) is 54.5. The van der Waals surface area contributed by atoms with E-state index in [0.717, 1.165) is 27.8 Å². The quantitative estimate of drug-likeness (QED) is 0.0484. The van der Waals surface area contributed by atoms with E-state index in [9.17, 15) is 44.4 Å². The molecule has 2 aliphatic rings. The van der Waals surface area contributed by atoms with Crippen LogP contribution in [0.1, 0.15) is 57.8 Å². The number of aromatic hydroxyl groups is 1. The smallest absolute Gasteiger partial charge is 0.279 e. The highest BCUT2D eigenvalue weighted by molar-refractivity contribution is 7.13. The summed E-state index contributed by atoms with van der Waals surface area (Å²) in [5.41, 5.74) is 2.56. The summed E-state index contributed by atoms with van der Waals surface area (Å²) in [4.78, 5) is 86.6. The van der Waals surface area contributed by atoms with E-state index in [1.807, 2.05) is 38.1 Å². The van der Waals surface area contributed by atoms with Crippen LogP contribution < -0.4 is 20.9 Å². The van der Waals surface area contributed by atoms with E-state index in [4.69, 9.17) is 16.3 Å². The van der Waals surface area contributed by atoms with Crippen LogP contribution in [0.15, 0.2) is 54.0 Å². The standard InChI is InChI=1S/C51H61ClF2N10O10S/c1-27(29-10-12-30(13-11-29)43-28(2)56-26-75-43)57-46(69)35-22-31(65)24-64(35)47(70)44(51(3,4)5)58-37(67)25-74-21-20-61(6)38(68)14-15-55-50-59-42-32(45(60-50)62-16-18-63(19-17-62)48(71)49(72)73)23-33(52)39(41(42)54)40-34(53)8-7-9-36(40)66/h7-13,23,26-27,31,35,44,49,65-66,72-73H,14-22,24-25H2,1-6H3,(H,57,69)(H,58,67)(H,55,59,60)/t27-,31+,35-,44+/m0/s1. The molecule has 24 heteroatoms. The topological polar surface area (TPSA) is 263 Å². The molecule has 0 radical (unpaired) electrons. The average Bonchev–Trinajstić information content (AvgIpc) is 3.99. The van der Waals surface area contributed by atoms with Crippen LogP contribution in [0.2, 0.25) is 5.02 Å². The Morgan fingerprint density at radius 3 is 2.33 bits per heavy atom. The van der Waals surface area contributed by atoms with E-state index in [1.165, 1.54) is 39.9 Å². The van der Waals surface area contributed by atoms with E-state index in [1.54, 1.807) is 42.5 Å². The third-order valence-corrected chi connectivity index (χ3v) is 14.4. The van der Waals surface area contributed by atoms with Crippen LogP contribution in [-0.2, 0) is 28.7 Å². The number of amides is 5. The molecule has 2 fully saturated rings. The number of phenolic OH excluding ortho intramolecular Hbond substituents is 1. The van der Waals surface area contributed by atoms with Gasteiger partial charge >= 0.3 is 0 Å². The van der Waals surface area contributed by atoms with Crippen molar-refractivity contribution < 1.29 is 57.9 Å². The van der Waals surface area contributed by atoms with Gasteiger partial charge in [-0.05, 0) is 48.6 Å². The first-order chi connectivity index (χ1) is 35.5. The average molecular weight is 1080 g/mol. The van der Waals surface area contributed by atoms with Gasteiger partial charge in [0.1, 0.15) is 41.6 Å². The number of likely N-dealkylation sites (tertiary alicyclic amines) is 1. The first-order valence-corrected chi connectivity index (χ1v) is 25.5. The predicted octanol–water partition coefficient (Wildman–Crippen LogP) is 3.97. The molecule has 20 nitrogen and oxygen atoms in total. The number of anilines is 2. The number of aryl methyl sites for hydroxylation is 1. The second-order valence-electron chi connectivity index (χ2n) is 19.6. The summed E-state index contributed by atoms with van der Waals surface area (Å²) < 4.78 is 37.2. The molecule has 0 aliphatic carbocycles. The summed E-state index contributed by atoms with van der Waals surface area (Å²) >= 11 is 8.09. The van der Waals surface area contributed by atoms with Gasteiger partial charge in [-0.25, -0.2) is 18.7 Å². The molecule has 402 valence electrons. The van der Waals surface area contributed by atoms with Crippen molar-refractivity contribution in [3.05, 3.63) is 82.0 Å². The van der Waals surface area contributed by atoms with Gasteiger partial charge in [0.05, 0.1) is 45.4 Å². The predicted molar refractivity (Wildman–Crippen MR) is 277 cm³/mol. The molecule has 0 spiro atoms. The number of likely N-dealkylation sites (N-methyl/N-ethyl adjacent to an activating group) is 1. The molecule has 5 amide bonds. The minimum Gasteiger partial charge on any atom is -0.507 e. The fourth-order valence-corrected chi connectivity index (χ4v) is 10.1. The molecule has 2 aromatic heterocycles. The molecule has 3 aromatic carbocycles. The Hall–Kier alpha value is -6.63. The van der Waals surface area contributed by atoms with Gasteiger partial charge in [0, 0.05) is 76.7 Å². The first kappa shape index (κ1) is 56.1. The number of thiazole rings is 1. The van der Waals surface area contributed by atoms with Gasteiger partial charge < -0.3 is 60.7 Å². The highest BCUT2D eigenvalue weighted by atomic mass is 35.5. The number of nitrogens with zero attached hydrogens (tertiary/aromatic N) is 7. The van der Waals surface area contributed by atoms with Crippen molar-refractivity contribution in [2.24, 2.45) is 5.41 Å². The van der Waals surface area contributed by atoms with Crippen molar-refractivity contribution in [1.29, 1.82) is 0 Å². The summed E-state index contributed by atoms with van der Waals surface area (Å²) in [6.45, 7) is 8.90. The number of nitrogens with one attached hydrogen (secondary N) is 3. The number of fused-ring (bicyclic) bond motifs is 1. The number of β-amino-alcohol motifs (C(OH)–C–C–N with tert-alkyl or cyclic N) is 1. The fraction of sp³-hybridized carbons (Fsp3) is 0.451. The molecule has 75 heavy (non-hydrogen) atoms. The van der Waals surface area contributed by atoms with Gasteiger partial charge in [-0.3, -0.25) is 24.0 Å². The van der Waals surface area contributed by atoms with Crippen molar-refractivity contribution in [1.82, 2.24) is 40.3 Å². The zero-order valence-corrected chi connectivity index (χ0v) is 43.8. The lowest BCUT2D eigenvalue weighted by Crippen LogP contribution is -2.58. The highest BCUT2D eigenvalue weighted by Crippen LogP contribution is 2.43. The fourth-order valence-electron chi connectivity index (χ4n) is 8.97. The Morgan fingerprint density at radius 2 is 1.69 bits per heavy atom. The molecular formula is C51H61ClF2N10O10S. The number of carbonyl (C=O) groups is 5. The molecule has 4 heterocycles. The number of aliphatic hydroxyl groups is 3. The number of benzene rings is 3. The van der Waals surface area contributed by atoms with Crippen LogP contribution in [0, 0.1) is 24.0 Å². The number of phenols is 1. The normalized spacial score (nSPS) is 16.8. The molecular weight excluding hydrogens is 1020 g/mol. The molecule has 0 saturated carbocycles. The van der Waals surface area contributed by atoms with Crippen LogP contribution >= 0.6 is 22.9 Å². The van der Waals surface area contributed by atoms with E-state index in [0.29, 0.717) is 0 Å². The van der Waals surface area contributed by atoms with Crippen LogP contribution in [0.4, 0.5) is 20.5 Å². The van der Waals surface area contributed by atoms with E-state index >= 15 is 8.78 Å². The highest BCUT2D eigenvalue weighted by Gasteiger charge is 2.45. The number of rotatable bonds is 18. The number of carbonyl (C=O) groups excluding carboxylic acids is 5. The van der Waals surface area contributed by atoms with Crippen molar-refractivity contribution in [2.45, 2.75) is 78.0 Å². The van der Waals surface area contributed by atoms with Crippen molar-refractivity contribution in [3.63, 3.8) is 0 Å². The zero-order valence-electron chi connectivity index (χ0n) is 42.3. The molecule has 4 atom stereocenters. The summed E-state index contributed by atoms with van der Waals surface area (Å²) in [6, 6.07) is 10.1. The summed E-state index contributed by atoms with van der Waals surface area (Å²) in [5, 5.41) is 48.6. The maximum absolute atomic E-state index is 16.6. The lowest BCUT2D eigenvalue weighted by Gasteiger charge is -2.36. The third kappa shape index (κ3) is 13.1. The van der Waals surface area contributed by atoms with Crippen LogP contribution in [0.3, 0.4) is 0 Å². The molecule has 0 unspecified atom stereocenters. The lowest BCUT2D eigenvalue weighted by atomic mass is 9.85. The number of hydrogen-bond donors (Lipinski definition) is 7. The Morgan fingerprint density at radius 1 is 0.987 bits per heavy atom. The molecule has 7 rings (SSSR count). The van der Waals surface area contributed by atoms with Gasteiger partial charge in [-0.2, -0.15) is 4.98 Å². The molecule has 0 bridgehead atoms. The molecule has 2 aliphatic heterocycles. The summed E-state index contributed by atoms with van der Waals surface area (Å²) in [7, 11) is 1.53. The van der Waals surface area contributed by atoms with Gasteiger partial charge in [-0.1, -0.05) is 62.7 Å². The molecule has 5 aromatic rings. The maximum Gasteiger partial charge on any atom is 0.279 e. The van der Waals surface area contributed by atoms with Gasteiger partial charge in [-0.15, -0.1) is 11.3 Å². The number of aromatic nitrogens is 3. The van der Waals surface area contributed by atoms with Crippen LogP contribution in [-0.4, -0.2) is 170 Å². The summed E-state index contributed by atoms with van der Waals surface area (Å²) in [5.74, 6) is -5.30. The molecule has 7 N–H and O–H groups in total. The Balaban J connectivity index is 0.927. The third-order valence-electron chi connectivity index (χ3n) is 13.1. The SMILES string of the molecule is Cc1ncsc1-c1ccc([C@H](C)NC(=O)[C@@H]2C[C@@H](O)CN2C(=O)[C@@H](NC(=O)COCCN(C)C(=O)CCNc2nc(N3CCN(C(=O)C(O)O)CC3)c3cc(Cl)c(-c4c(O)cccc4F)c(F)c3n2)C(C)(C)C)cc1. The van der Waals surface area contributed by atoms with Gasteiger partial charge in [0.2, 0.25) is 35.9 Å². The number of piperazine rings is 1. The van der Waals surface area contributed by atoms with Crippen molar-refractivity contribution in [3.8, 4) is 27.3 Å². The Kier molecular flexibility index (Phi) is 17.9. The second-order valence-corrected chi connectivity index (χ2v) is 20.8. The monoisotopic (exact) mass is 1080 g/mol. The minimum atomic E-state index is -2.19. The maximum atomic E-state index is 16.6. The molecule has 2 saturated heterocycles. The van der Waals surface area contributed by atoms with Crippen LogP contribution in [0.5, 0.6) is 5.75 Å². The number of hydrogen-bond acceptors (Lipinski definition) is 16. The Bertz CT molecular complexity index is 2900. The number of aliphatic hydroxyl groups excluding tert-OH is 2. The van der Waals surface area contributed by atoms with Crippen molar-refractivity contribution >= 4 is 75.1 Å². The van der Waals surface area contributed by atoms with Gasteiger partial charge in [0.25, 0.3) is 5.91 Å². The Labute approximate surface area is 440 Å².